The lowest BCUT2D eigenvalue weighted by molar-refractivity contribution is -0.149. The Labute approximate surface area is 183 Å². The van der Waals surface area contributed by atoms with E-state index < -0.39 is 6.10 Å². The first kappa shape index (κ1) is 22.0. The SMILES string of the molecule is CN(C)CC(=O)Nc1ccc2c(c1)[C@H]1C[C@@H](CC(=O)N3CCCCC3)O[C@@H](CO)[C@H]1O2. The summed E-state index contributed by atoms with van der Waals surface area (Å²) in [6.07, 6.45) is 3.27. The standard InChI is InChI=1S/C23H33N3O5/c1-25(2)13-21(28)24-15-6-7-19-17(10-15)18-11-16(30-20(14-27)23(18)31-19)12-22(29)26-8-4-3-5-9-26/h6-7,10,16,18,20,23,27H,3-5,8-9,11-14H2,1-2H3,(H,24,28)/t16-,18+,20-,23-/m0/s1. The first-order valence-electron chi connectivity index (χ1n) is 11.2. The molecule has 0 unspecified atom stereocenters. The summed E-state index contributed by atoms with van der Waals surface area (Å²) in [5, 5.41) is 12.8. The highest BCUT2D eigenvalue weighted by molar-refractivity contribution is 5.92. The van der Waals surface area contributed by atoms with Crippen molar-refractivity contribution in [3.8, 4) is 5.75 Å². The molecule has 8 heteroatoms. The Morgan fingerprint density at radius 3 is 2.71 bits per heavy atom. The van der Waals surface area contributed by atoms with Crippen LogP contribution in [-0.2, 0) is 14.3 Å². The Hall–Kier alpha value is -2.16. The number of hydrogen-bond donors (Lipinski definition) is 2. The number of anilines is 1. The molecule has 2 fully saturated rings. The second kappa shape index (κ2) is 9.54. The molecule has 4 atom stereocenters. The number of carbonyl (C=O) groups is 2. The Morgan fingerprint density at radius 1 is 1.23 bits per heavy atom. The molecule has 3 aliphatic rings. The van der Waals surface area contributed by atoms with Gasteiger partial charge in [-0.2, -0.15) is 0 Å². The molecule has 31 heavy (non-hydrogen) atoms. The summed E-state index contributed by atoms with van der Waals surface area (Å²) in [6.45, 7) is 1.79. The minimum absolute atomic E-state index is 0.0192. The van der Waals surface area contributed by atoms with E-state index in [0.29, 0.717) is 19.4 Å². The number of benzene rings is 1. The van der Waals surface area contributed by atoms with E-state index in [9.17, 15) is 14.7 Å². The number of rotatable bonds is 6. The number of aliphatic hydroxyl groups excluding tert-OH is 1. The van der Waals surface area contributed by atoms with Gasteiger partial charge in [-0.1, -0.05) is 0 Å². The number of ether oxygens (including phenoxy) is 2. The smallest absolute Gasteiger partial charge is 0.238 e. The third kappa shape index (κ3) is 5.02. The van der Waals surface area contributed by atoms with Gasteiger partial charge in [-0.3, -0.25) is 9.59 Å². The van der Waals surface area contributed by atoms with E-state index in [2.05, 4.69) is 5.32 Å². The van der Waals surface area contributed by atoms with Crippen LogP contribution >= 0.6 is 0 Å². The predicted molar refractivity (Wildman–Crippen MR) is 116 cm³/mol. The topological polar surface area (TPSA) is 91.3 Å². The molecule has 2 N–H and O–H groups in total. The van der Waals surface area contributed by atoms with Crippen molar-refractivity contribution in [2.24, 2.45) is 0 Å². The third-order valence-electron chi connectivity index (χ3n) is 6.35. The number of fused-ring (bicyclic) bond motifs is 3. The summed E-state index contributed by atoms with van der Waals surface area (Å²) in [6, 6.07) is 5.65. The first-order valence-corrected chi connectivity index (χ1v) is 11.2. The number of likely N-dealkylation sites (N-methyl/N-ethyl adjacent to an activating group) is 1. The van der Waals surface area contributed by atoms with Crippen LogP contribution in [0.5, 0.6) is 5.75 Å². The van der Waals surface area contributed by atoms with E-state index in [0.717, 1.165) is 42.9 Å². The van der Waals surface area contributed by atoms with Crippen molar-refractivity contribution in [2.45, 2.75) is 56.3 Å². The van der Waals surface area contributed by atoms with Crippen LogP contribution in [0.25, 0.3) is 0 Å². The summed E-state index contributed by atoms with van der Waals surface area (Å²) in [7, 11) is 3.70. The normalized spacial score (nSPS) is 27.4. The molecule has 2 amide bonds. The van der Waals surface area contributed by atoms with E-state index in [4.69, 9.17) is 9.47 Å². The van der Waals surface area contributed by atoms with Crippen LogP contribution < -0.4 is 10.1 Å². The van der Waals surface area contributed by atoms with Gasteiger partial charge in [0.2, 0.25) is 11.8 Å². The lowest BCUT2D eigenvalue weighted by Gasteiger charge is -2.38. The Bertz CT molecular complexity index is 808. The zero-order valence-corrected chi connectivity index (χ0v) is 18.4. The van der Waals surface area contributed by atoms with E-state index in [1.54, 1.807) is 0 Å². The van der Waals surface area contributed by atoms with Crippen molar-refractivity contribution in [3.05, 3.63) is 23.8 Å². The number of amides is 2. The molecule has 1 aromatic carbocycles. The molecule has 1 aromatic rings. The molecule has 2 saturated heterocycles. The van der Waals surface area contributed by atoms with Gasteiger partial charge in [0.1, 0.15) is 18.0 Å². The predicted octanol–water partition coefficient (Wildman–Crippen LogP) is 1.58. The van der Waals surface area contributed by atoms with Gasteiger partial charge in [-0.05, 0) is 58.0 Å². The molecule has 3 aliphatic heterocycles. The van der Waals surface area contributed by atoms with Crippen LogP contribution in [0.3, 0.4) is 0 Å². The summed E-state index contributed by atoms with van der Waals surface area (Å²) in [5.41, 5.74) is 1.73. The molecule has 8 nitrogen and oxygen atoms in total. The number of likely N-dealkylation sites (tertiary alicyclic amines) is 1. The molecule has 0 saturated carbocycles. The molecule has 0 radical (unpaired) electrons. The van der Waals surface area contributed by atoms with Crippen LogP contribution in [0.1, 0.15) is 43.6 Å². The van der Waals surface area contributed by atoms with Crippen molar-refractivity contribution < 1.29 is 24.2 Å². The van der Waals surface area contributed by atoms with Gasteiger partial charge in [-0.25, -0.2) is 0 Å². The average Bonchev–Trinajstić information content (AvgIpc) is 3.11. The highest BCUT2D eigenvalue weighted by atomic mass is 16.6. The van der Waals surface area contributed by atoms with Gasteiger partial charge >= 0.3 is 0 Å². The fourth-order valence-corrected chi connectivity index (χ4v) is 4.92. The minimum Gasteiger partial charge on any atom is -0.487 e. The fourth-order valence-electron chi connectivity index (χ4n) is 4.92. The quantitative estimate of drug-likeness (QED) is 0.711. The molecular formula is C23H33N3O5. The van der Waals surface area contributed by atoms with Crippen LogP contribution in [-0.4, -0.2) is 85.4 Å². The molecule has 3 heterocycles. The van der Waals surface area contributed by atoms with Gasteiger partial charge in [-0.15, -0.1) is 0 Å². The second-order valence-corrected chi connectivity index (χ2v) is 9.09. The molecule has 0 spiro atoms. The number of nitrogens with one attached hydrogen (secondary N) is 1. The van der Waals surface area contributed by atoms with Crippen LogP contribution in [0.2, 0.25) is 0 Å². The monoisotopic (exact) mass is 431 g/mol. The highest BCUT2D eigenvalue weighted by Crippen LogP contribution is 2.47. The van der Waals surface area contributed by atoms with Crippen molar-refractivity contribution in [3.63, 3.8) is 0 Å². The van der Waals surface area contributed by atoms with Crippen molar-refractivity contribution in [1.82, 2.24) is 9.80 Å². The average molecular weight is 432 g/mol. The van der Waals surface area contributed by atoms with Crippen molar-refractivity contribution in [1.29, 1.82) is 0 Å². The van der Waals surface area contributed by atoms with Crippen LogP contribution in [0.4, 0.5) is 5.69 Å². The van der Waals surface area contributed by atoms with Crippen LogP contribution in [0, 0.1) is 0 Å². The maximum atomic E-state index is 12.8. The van der Waals surface area contributed by atoms with Gasteiger partial charge in [0.15, 0.2) is 0 Å². The minimum atomic E-state index is -0.475. The number of hydrogen-bond acceptors (Lipinski definition) is 6. The maximum Gasteiger partial charge on any atom is 0.238 e. The highest BCUT2D eigenvalue weighted by Gasteiger charge is 2.46. The van der Waals surface area contributed by atoms with Gasteiger partial charge in [0.05, 0.1) is 25.7 Å². The Morgan fingerprint density at radius 2 is 2.00 bits per heavy atom. The summed E-state index contributed by atoms with van der Waals surface area (Å²) < 4.78 is 12.2. The number of aliphatic hydroxyl groups is 1. The molecule has 0 bridgehead atoms. The molecule has 0 aliphatic carbocycles. The lowest BCUT2D eigenvalue weighted by Crippen LogP contribution is -2.48. The van der Waals surface area contributed by atoms with Gasteiger partial charge in [0, 0.05) is 30.3 Å². The summed E-state index contributed by atoms with van der Waals surface area (Å²) in [4.78, 5) is 28.7. The molecule has 4 rings (SSSR count). The number of nitrogens with zero attached hydrogens (tertiary/aromatic N) is 2. The largest absolute Gasteiger partial charge is 0.487 e. The fraction of sp³-hybridized carbons (Fsp3) is 0.652. The molecule has 0 aromatic heterocycles. The van der Waals surface area contributed by atoms with E-state index in [1.165, 1.54) is 6.42 Å². The van der Waals surface area contributed by atoms with E-state index in [1.807, 2.05) is 42.1 Å². The van der Waals surface area contributed by atoms with Gasteiger partial charge < -0.3 is 29.7 Å². The van der Waals surface area contributed by atoms with E-state index in [-0.39, 0.29) is 36.5 Å². The molecular weight excluding hydrogens is 398 g/mol. The zero-order valence-electron chi connectivity index (χ0n) is 18.4. The van der Waals surface area contributed by atoms with Gasteiger partial charge in [0.25, 0.3) is 0 Å². The summed E-state index contributed by atoms with van der Waals surface area (Å²) >= 11 is 0. The van der Waals surface area contributed by atoms with Crippen molar-refractivity contribution >= 4 is 17.5 Å². The zero-order chi connectivity index (χ0) is 22.0. The lowest BCUT2D eigenvalue weighted by atomic mass is 9.84. The van der Waals surface area contributed by atoms with E-state index >= 15 is 0 Å². The Balaban J connectivity index is 1.47. The second-order valence-electron chi connectivity index (χ2n) is 9.09. The summed E-state index contributed by atoms with van der Waals surface area (Å²) in [5.74, 6) is 0.825. The Kier molecular flexibility index (Phi) is 6.79. The number of piperidine rings is 1. The maximum absolute atomic E-state index is 12.8. The van der Waals surface area contributed by atoms with Crippen molar-refractivity contribution in [2.75, 3.05) is 45.7 Å². The first-order chi connectivity index (χ1) is 14.9. The van der Waals surface area contributed by atoms with Crippen LogP contribution in [0.15, 0.2) is 18.2 Å². The number of carbonyl (C=O) groups excluding carboxylic acids is 2. The third-order valence-corrected chi connectivity index (χ3v) is 6.35. The molecule has 170 valence electrons.